The van der Waals surface area contributed by atoms with Gasteiger partial charge in [-0.15, -0.1) is 0 Å². The molecule has 0 radical (unpaired) electrons. The molecule has 1 aromatic heterocycles. The lowest BCUT2D eigenvalue weighted by Crippen LogP contribution is -2.35. The number of nitrogens with two attached hydrogens (primary N) is 2. The molecule has 1 heterocycles. The predicted molar refractivity (Wildman–Crippen MR) is 147 cm³/mol. The van der Waals surface area contributed by atoms with Crippen molar-refractivity contribution in [2.75, 3.05) is 11.1 Å². The number of ether oxygens (including phenoxy) is 1. The van der Waals surface area contributed by atoms with Crippen LogP contribution >= 0.6 is 0 Å². The number of hydrogen-bond acceptors (Lipinski definition) is 8. The van der Waals surface area contributed by atoms with Crippen LogP contribution in [-0.2, 0) is 22.6 Å². The minimum absolute atomic E-state index is 0.0178. The van der Waals surface area contributed by atoms with Crippen molar-refractivity contribution in [2.24, 2.45) is 5.73 Å². The average molecular weight is 520 g/mol. The first-order valence-corrected chi connectivity index (χ1v) is 12.1. The monoisotopic (exact) mass is 519 g/mol. The largest absolute Gasteiger partial charge is 0.459 e. The Bertz CT molecular complexity index is 1400. The van der Waals surface area contributed by atoms with Gasteiger partial charge in [0, 0.05) is 23.7 Å². The molecule has 0 bridgehead atoms. The van der Waals surface area contributed by atoms with Crippen molar-refractivity contribution >= 4 is 29.3 Å². The van der Waals surface area contributed by atoms with E-state index in [4.69, 9.17) is 21.6 Å². The summed E-state index contributed by atoms with van der Waals surface area (Å²) in [5.41, 5.74) is 13.6. The summed E-state index contributed by atoms with van der Waals surface area (Å²) >= 11 is 0. The maximum Gasteiger partial charge on any atom is 0.338 e. The zero-order valence-corrected chi connectivity index (χ0v) is 21.9. The van der Waals surface area contributed by atoms with Crippen molar-refractivity contribution < 1.29 is 14.3 Å². The molecule has 11 nitrogen and oxygen atoms in total. The zero-order valence-electron chi connectivity index (χ0n) is 21.9. The number of anilines is 2. The Morgan fingerprint density at radius 3 is 2.37 bits per heavy atom. The fraction of sp³-hybridized carbons (Fsp3) is 0.296. The number of hydrogen-bond donors (Lipinski definition) is 5. The number of aromatic nitrogens is 2. The lowest BCUT2D eigenvalue weighted by atomic mass is 10.1. The molecular formula is C27H33N7O4. The maximum atomic E-state index is 13.4. The van der Waals surface area contributed by atoms with E-state index in [9.17, 15) is 14.4 Å². The summed E-state index contributed by atoms with van der Waals surface area (Å²) in [6.45, 7) is 7.07. The highest BCUT2D eigenvalue weighted by molar-refractivity contribution is 5.95. The Morgan fingerprint density at radius 1 is 1.08 bits per heavy atom. The number of nitrogen functional groups attached to an aromatic ring is 2. The van der Waals surface area contributed by atoms with Gasteiger partial charge in [0.25, 0.3) is 5.56 Å². The highest BCUT2D eigenvalue weighted by atomic mass is 16.5. The highest BCUT2D eigenvalue weighted by Gasteiger charge is 2.20. The first-order valence-electron chi connectivity index (χ1n) is 12.1. The molecule has 0 fully saturated rings. The maximum absolute atomic E-state index is 13.4. The molecule has 0 aliphatic heterocycles. The van der Waals surface area contributed by atoms with Crippen molar-refractivity contribution in [3.8, 4) is 11.3 Å². The van der Waals surface area contributed by atoms with Gasteiger partial charge in [-0.25, -0.2) is 9.78 Å². The molecular weight excluding hydrogens is 486 g/mol. The minimum Gasteiger partial charge on any atom is -0.459 e. The van der Waals surface area contributed by atoms with Crippen LogP contribution in [-0.4, -0.2) is 39.4 Å². The summed E-state index contributed by atoms with van der Waals surface area (Å²) in [7, 11) is 0. The highest BCUT2D eigenvalue weighted by Crippen LogP contribution is 2.26. The van der Waals surface area contributed by atoms with E-state index < -0.39 is 17.4 Å². The molecule has 0 spiro atoms. The summed E-state index contributed by atoms with van der Waals surface area (Å²) in [6, 6.07) is 13.3. The lowest BCUT2D eigenvalue weighted by molar-refractivity contribution is -0.121. The van der Waals surface area contributed by atoms with Gasteiger partial charge >= 0.3 is 5.97 Å². The predicted octanol–water partition coefficient (Wildman–Crippen LogP) is 2.48. The van der Waals surface area contributed by atoms with E-state index in [1.165, 1.54) is 4.57 Å². The first-order chi connectivity index (χ1) is 18.0. The number of carbonyl (C=O) groups is 2. The van der Waals surface area contributed by atoms with Gasteiger partial charge in [0.05, 0.1) is 17.4 Å². The van der Waals surface area contributed by atoms with Gasteiger partial charge in [-0.1, -0.05) is 36.4 Å². The van der Waals surface area contributed by atoms with Gasteiger partial charge in [-0.05, 0) is 45.4 Å². The van der Waals surface area contributed by atoms with Crippen molar-refractivity contribution in [1.29, 1.82) is 5.41 Å². The molecule has 0 aliphatic carbocycles. The SMILES string of the molecule is CC(C)Nc1nc(N)c(-c2cccc(C(=O)OC(C)C)c2)n(CC(=O)NCc2ccc(C(=N)N)cc2)c1=O. The van der Waals surface area contributed by atoms with Gasteiger partial charge in [-0.2, -0.15) is 0 Å². The minimum atomic E-state index is -0.529. The van der Waals surface area contributed by atoms with Crippen LogP contribution in [0.2, 0.25) is 0 Å². The van der Waals surface area contributed by atoms with E-state index in [0.717, 1.165) is 5.56 Å². The second kappa shape index (κ2) is 12.0. The second-order valence-electron chi connectivity index (χ2n) is 9.31. The third kappa shape index (κ3) is 6.96. The molecule has 3 aromatic rings. The standard InChI is InChI=1S/C27H33N7O4/c1-15(2)32-25-26(36)34(14-21(35)31-13-17-8-10-18(11-9-17)23(28)29)22(24(30)33-25)19-6-5-7-20(12-19)27(37)38-16(3)4/h5-12,15-16H,13-14,30H2,1-4H3,(H3,28,29)(H,31,35)(H,32,33). The summed E-state index contributed by atoms with van der Waals surface area (Å²) in [6.07, 6.45) is -0.306. The van der Waals surface area contributed by atoms with Gasteiger partial charge in [0.15, 0.2) is 11.6 Å². The summed E-state index contributed by atoms with van der Waals surface area (Å²) in [4.78, 5) is 43.1. The Morgan fingerprint density at radius 2 is 1.76 bits per heavy atom. The molecule has 7 N–H and O–H groups in total. The van der Waals surface area contributed by atoms with E-state index in [0.29, 0.717) is 11.1 Å². The van der Waals surface area contributed by atoms with Crippen molar-refractivity contribution in [3.63, 3.8) is 0 Å². The number of rotatable bonds is 10. The number of amides is 1. The Hall–Kier alpha value is -4.67. The molecule has 200 valence electrons. The zero-order chi connectivity index (χ0) is 28.0. The number of amidine groups is 1. The van der Waals surface area contributed by atoms with E-state index >= 15 is 0 Å². The Labute approximate surface area is 220 Å². The molecule has 0 aliphatic rings. The fourth-order valence-electron chi connectivity index (χ4n) is 3.69. The van der Waals surface area contributed by atoms with Crippen molar-refractivity contribution in [1.82, 2.24) is 14.9 Å². The van der Waals surface area contributed by atoms with Crippen LogP contribution < -0.4 is 27.7 Å². The first kappa shape index (κ1) is 27.9. The average Bonchev–Trinajstić information content (AvgIpc) is 2.85. The Kier molecular flexibility index (Phi) is 8.85. The van der Waals surface area contributed by atoms with Gasteiger partial charge in [-0.3, -0.25) is 19.6 Å². The number of nitrogens with one attached hydrogen (secondary N) is 3. The summed E-state index contributed by atoms with van der Waals surface area (Å²) < 4.78 is 6.53. The fourth-order valence-corrected chi connectivity index (χ4v) is 3.69. The quantitative estimate of drug-likeness (QED) is 0.154. The van der Waals surface area contributed by atoms with Crippen LogP contribution in [0.15, 0.2) is 53.3 Å². The van der Waals surface area contributed by atoms with E-state index in [1.54, 1.807) is 62.4 Å². The molecule has 38 heavy (non-hydrogen) atoms. The number of benzene rings is 2. The van der Waals surface area contributed by atoms with Crippen LogP contribution in [0.4, 0.5) is 11.6 Å². The van der Waals surface area contributed by atoms with E-state index in [2.05, 4.69) is 15.6 Å². The number of carbonyl (C=O) groups excluding carboxylic acids is 2. The Balaban J connectivity index is 1.96. The topological polar surface area (TPSA) is 178 Å². The second-order valence-corrected chi connectivity index (χ2v) is 9.31. The summed E-state index contributed by atoms with van der Waals surface area (Å²) in [5, 5.41) is 13.3. The van der Waals surface area contributed by atoms with E-state index in [1.807, 2.05) is 13.8 Å². The molecule has 0 saturated carbocycles. The molecule has 3 rings (SSSR count). The van der Waals surface area contributed by atoms with Crippen LogP contribution in [0.3, 0.4) is 0 Å². The van der Waals surface area contributed by atoms with Crippen LogP contribution in [0.5, 0.6) is 0 Å². The molecule has 1 amide bonds. The van der Waals surface area contributed by atoms with Gasteiger partial charge < -0.3 is 26.8 Å². The molecule has 2 aromatic carbocycles. The van der Waals surface area contributed by atoms with Crippen LogP contribution in [0.1, 0.15) is 49.2 Å². The van der Waals surface area contributed by atoms with Gasteiger partial charge in [0.2, 0.25) is 5.91 Å². The molecule has 0 unspecified atom stereocenters. The molecule has 0 atom stereocenters. The molecule has 11 heteroatoms. The van der Waals surface area contributed by atoms with Crippen LogP contribution in [0, 0.1) is 5.41 Å². The van der Waals surface area contributed by atoms with E-state index in [-0.39, 0.29) is 54.0 Å². The lowest BCUT2D eigenvalue weighted by Gasteiger charge is -2.18. The third-order valence-electron chi connectivity index (χ3n) is 5.39. The third-order valence-corrected chi connectivity index (χ3v) is 5.39. The van der Waals surface area contributed by atoms with Crippen molar-refractivity contribution in [3.05, 3.63) is 75.6 Å². The van der Waals surface area contributed by atoms with Crippen LogP contribution in [0.25, 0.3) is 11.3 Å². The summed E-state index contributed by atoms with van der Waals surface area (Å²) in [5.74, 6) is -0.955. The molecule has 0 saturated heterocycles. The smallest absolute Gasteiger partial charge is 0.338 e. The van der Waals surface area contributed by atoms with Crippen molar-refractivity contribution in [2.45, 2.75) is 52.9 Å². The normalized spacial score (nSPS) is 10.9. The van der Waals surface area contributed by atoms with Gasteiger partial charge in [0.1, 0.15) is 12.4 Å². The number of esters is 1. The number of nitrogens with zero attached hydrogens (tertiary/aromatic N) is 2.